The predicted molar refractivity (Wildman–Crippen MR) is 132 cm³/mol. The first-order valence-corrected chi connectivity index (χ1v) is 11.6. The number of hydrogen-bond acceptors (Lipinski definition) is 4. The van der Waals surface area contributed by atoms with E-state index in [0.29, 0.717) is 0 Å². The summed E-state index contributed by atoms with van der Waals surface area (Å²) in [5, 5.41) is 3.18. The number of carbonyl (C=O) groups excluding carboxylic acids is 1. The zero-order chi connectivity index (χ0) is 23.3. The van der Waals surface area contributed by atoms with Crippen molar-refractivity contribution in [2.45, 2.75) is 39.3 Å². The maximum absolute atomic E-state index is 13.4. The quantitative estimate of drug-likeness (QED) is 0.548. The molecule has 1 saturated heterocycles. The van der Waals surface area contributed by atoms with Crippen LogP contribution < -0.4 is 10.1 Å². The summed E-state index contributed by atoms with van der Waals surface area (Å²) in [5.74, 6) is 1.01. The fraction of sp³-hybridized carbons (Fsp3) is 0.357. The molecule has 1 aromatic heterocycles. The average molecular weight is 444 g/mol. The molecule has 33 heavy (non-hydrogen) atoms. The van der Waals surface area contributed by atoms with Gasteiger partial charge in [-0.05, 0) is 62.6 Å². The van der Waals surface area contributed by atoms with Gasteiger partial charge in [-0.3, -0.25) is 14.7 Å². The fourth-order valence-corrected chi connectivity index (χ4v) is 4.72. The minimum Gasteiger partial charge on any atom is -0.496 e. The van der Waals surface area contributed by atoms with Gasteiger partial charge in [-0.1, -0.05) is 48.5 Å². The summed E-state index contributed by atoms with van der Waals surface area (Å²) in [6.45, 7) is 6.44. The topological polar surface area (TPSA) is 54.5 Å². The van der Waals surface area contributed by atoms with E-state index < -0.39 is 5.41 Å². The van der Waals surface area contributed by atoms with Crippen LogP contribution in [0.15, 0.2) is 72.9 Å². The molecule has 1 unspecified atom stereocenters. The summed E-state index contributed by atoms with van der Waals surface area (Å²) in [6.07, 6.45) is 3.39. The van der Waals surface area contributed by atoms with Gasteiger partial charge in [0.15, 0.2) is 0 Å². The van der Waals surface area contributed by atoms with E-state index in [4.69, 9.17) is 4.74 Å². The number of benzene rings is 2. The van der Waals surface area contributed by atoms with Gasteiger partial charge < -0.3 is 10.1 Å². The molecule has 0 bridgehead atoms. The summed E-state index contributed by atoms with van der Waals surface area (Å²) in [7, 11) is 1.70. The molecular formula is C28H33N3O2. The Balaban J connectivity index is 1.54. The highest BCUT2D eigenvalue weighted by atomic mass is 16.5. The maximum atomic E-state index is 13.4. The summed E-state index contributed by atoms with van der Waals surface area (Å²) in [5.41, 5.74) is 3.96. The number of rotatable bonds is 8. The van der Waals surface area contributed by atoms with Crippen molar-refractivity contribution in [1.29, 1.82) is 0 Å². The van der Waals surface area contributed by atoms with Crippen molar-refractivity contribution in [3.05, 3.63) is 84.2 Å². The van der Waals surface area contributed by atoms with Crippen molar-refractivity contribution < 1.29 is 9.53 Å². The highest BCUT2D eigenvalue weighted by molar-refractivity contribution is 5.84. The number of amides is 1. The lowest BCUT2D eigenvalue weighted by atomic mass is 9.79. The van der Waals surface area contributed by atoms with E-state index >= 15 is 0 Å². The molecule has 172 valence electrons. The SMILES string of the molecule is COc1ccccc1-c1ccc(CC2(C(=O)NC(C)C)CCN(Cc3ccccn3)C2)cc1. The third kappa shape index (κ3) is 5.42. The monoisotopic (exact) mass is 443 g/mol. The predicted octanol–water partition coefficient (Wildman–Crippen LogP) is 4.72. The van der Waals surface area contributed by atoms with E-state index in [9.17, 15) is 4.79 Å². The normalized spacial score (nSPS) is 18.4. The lowest BCUT2D eigenvalue weighted by Crippen LogP contribution is -2.46. The molecule has 1 amide bonds. The van der Waals surface area contributed by atoms with Crippen molar-refractivity contribution in [3.8, 4) is 16.9 Å². The molecule has 4 rings (SSSR count). The molecule has 0 radical (unpaired) electrons. The Bertz CT molecular complexity index is 1070. The molecule has 1 N–H and O–H groups in total. The molecular weight excluding hydrogens is 410 g/mol. The average Bonchev–Trinajstić information content (AvgIpc) is 3.23. The molecule has 5 heteroatoms. The summed E-state index contributed by atoms with van der Waals surface area (Å²) < 4.78 is 5.52. The number of pyridine rings is 1. The zero-order valence-electron chi connectivity index (χ0n) is 19.8. The van der Waals surface area contributed by atoms with Crippen molar-refractivity contribution in [2.75, 3.05) is 20.2 Å². The van der Waals surface area contributed by atoms with Gasteiger partial charge in [0, 0.05) is 30.9 Å². The van der Waals surface area contributed by atoms with Crippen LogP contribution in [0.4, 0.5) is 0 Å². The zero-order valence-corrected chi connectivity index (χ0v) is 19.8. The number of para-hydroxylation sites is 1. The van der Waals surface area contributed by atoms with Gasteiger partial charge in [-0.2, -0.15) is 0 Å². The van der Waals surface area contributed by atoms with Crippen LogP contribution >= 0.6 is 0 Å². The van der Waals surface area contributed by atoms with Gasteiger partial charge in [-0.15, -0.1) is 0 Å². The van der Waals surface area contributed by atoms with Crippen LogP contribution in [0.5, 0.6) is 5.75 Å². The van der Waals surface area contributed by atoms with Gasteiger partial charge in [0.2, 0.25) is 5.91 Å². The minimum absolute atomic E-state index is 0.118. The number of ether oxygens (including phenoxy) is 1. The number of likely N-dealkylation sites (tertiary alicyclic amines) is 1. The lowest BCUT2D eigenvalue weighted by molar-refractivity contribution is -0.131. The van der Waals surface area contributed by atoms with Crippen LogP contribution in [0.1, 0.15) is 31.5 Å². The Labute approximate surface area is 196 Å². The number of hydrogen-bond donors (Lipinski definition) is 1. The molecule has 0 saturated carbocycles. The Hall–Kier alpha value is -3.18. The Kier molecular flexibility index (Phi) is 7.09. The maximum Gasteiger partial charge on any atom is 0.228 e. The van der Waals surface area contributed by atoms with Gasteiger partial charge in [0.05, 0.1) is 18.2 Å². The first kappa shape index (κ1) is 23.0. The van der Waals surface area contributed by atoms with Gasteiger partial charge >= 0.3 is 0 Å². The number of nitrogens with zero attached hydrogens (tertiary/aromatic N) is 2. The molecule has 3 aromatic rings. The van der Waals surface area contributed by atoms with Crippen molar-refractivity contribution in [1.82, 2.24) is 15.2 Å². The molecule has 1 fully saturated rings. The first-order valence-electron chi connectivity index (χ1n) is 11.6. The molecule has 5 nitrogen and oxygen atoms in total. The second-order valence-corrected chi connectivity index (χ2v) is 9.26. The van der Waals surface area contributed by atoms with Crippen molar-refractivity contribution >= 4 is 5.91 Å². The van der Waals surface area contributed by atoms with Crippen LogP contribution in [0.2, 0.25) is 0 Å². The highest BCUT2D eigenvalue weighted by Gasteiger charge is 2.44. The third-order valence-electron chi connectivity index (χ3n) is 6.36. The van der Waals surface area contributed by atoms with E-state index in [1.807, 2.05) is 56.4 Å². The second-order valence-electron chi connectivity index (χ2n) is 9.26. The van der Waals surface area contributed by atoms with E-state index in [-0.39, 0.29) is 11.9 Å². The number of carbonyl (C=O) groups is 1. The fourth-order valence-electron chi connectivity index (χ4n) is 4.72. The van der Waals surface area contributed by atoms with E-state index in [0.717, 1.165) is 55.0 Å². The van der Waals surface area contributed by atoms with Gasteiger partial charge in [-0.25, -0.2) is 0 Å². The van der Waals surface area contributed by atoms with Gasteiger partial charge in [0.25, 0.3) is 0 Å². The van der Waals surface area contributed by atoms with E-state index in [1.165, 1.54) is 5.56 Å². The van der Waals surface area contributed by atoms with Crippen LogP contribution in [-0.4, -0.2) is 42.0 Å². The number of nitrogens with one attached hydrogen (secondary N) is 1. The molecule has 1 aliphatic rings. The largest absolute Gasteiger partial charge is 0.496 e. The lowest BCUT2D eigenvalue weighted by Gasteiger charge is -2.29. The van der Waals surface area contributed by atoms with E-state index in [2.05, 4.69) is 45.5 Å². The second kappa shape index (κ2) is 10.2. The Morgan fingerprint density at radius 2 is 1.85 bits per heavy atom. The Morgan fingerprint density at radius 3 is 2.55 bits per heavy atom. The van der Waals surface area contributed by atoms with Crippen LogP contribution in [0, 0.1) is 5.41 Å². The highest BCUT2D eigenvalue weighted by Crippen LogP contribution is 2.36. The standard InChI is InChI=1S/C28H33N3O2/c1-21(2)30-27(32)28(15-17-31(20-28)19-24-8-6-7-16-29-24)18-22-11-13-23(14-12-22)25-9-4-5-10-26(25)33-3/h4-14,16,21H,15,17-20H2,1-3H3,(H,30,32). The van der Waals surface area contributed by atoms with Crippen LogP contribution in [0.3, 0.4) is 0 Å². The molecule has 2 heterocycles. The minimum atomic E-state index is -0.439. The molecule has 2 aromatic carbocycles. The molecule has 0 spiro atoms. The molecule has 1 atom stereocenters. The summed E-state index contributed by atoms with van der Waals surface area (Å²) in [6, 6.07) is 22.7. The van der Waals surface area contributed by atoms with Gasteiger partial charge in [0.1, 0.15) is 5.75 Å². The third-order valence-corrected chi connectivity index (χ3v) is 6.36. The Morgan fingerprint density at radius 1 is 1.09 bits per heavy atom. The first-order chi connectivity index (χ1) is 16.0. The number of aromatic nitrogens is 1. The van der Waals surface area contributed by atoms with Crippen LogP contribution in [-0.2, 0) is 17.8 Å². The molecule has 1 aliphatic heterocycles. The van der Waals surface area contributed by atoms with Crippen molar-refractivity contribution in [2.24, 2.45) is 5.41 Å². The van der Waals surface area contributed by atoms with Crippen molar-refractivity contribution in [3.63, 3.8) is 0 Å². The summed E-state index contributed by atoms with van der Waals surface area (Å²) in [4.78, 5) is 20.2. The molecule has 0 aliphatic carbocycles. The summed E-state index contributed by atoms with van der Waals surface area (Å²) >= 11 is 0. The van der Waals surface area contributed by atoms with E-state index in [1.54, 1.807) is 7.11 Å². The smallest absolute Gasteiger partial charge is 0.228 e. The van der Waals surface area contributed by atoms with Crippen LogP contribution in [0.25, 0.3) is 11.1 Å². The number of methoxy groups -OCH3 is 1.